The lowest BCUT2D eigenvalue weighted by Crippen LogP contribution is -2.27. The van der Waals surface area contributed by atoms with Gasteiger partial charge in [-0.15, -0.1) is 0 Å². The maximum atomic E-state index is 5.64. The number of hydrogen-bond donors (Lipinski definition) is 3. The van der Waals surface area contributed by atoms with Crippen LogP contribution in [0, 0.1) is 0 Å². The second-order valence-electron chi connectivity index (χ2n) is 3.19. The fourth-order valence-electron chi connectivity index (χ4n) is 0.942. The van der Waals surface area contributed by atoms with Crippen molar-refractivity contribution in [2.24, 2.45) is 11.5 Å². The van der Waals surface area contributed by atoms with E-state index >= 15 is 0 Å². The Morgan fingerprint density at radius 3 is 2.50 bits per heavy atom. The average molecular weight is 199 g/mol. The Balaban J connectivity index is 4.07. The Hall–Kier alpha value is -1.16. The highest BCUT2D eigenvalue weighted by Gasteiger charge is 2.05. The summed E-state index contributed by atoms with van der Waals surface area (Å²) in [6, 6.07) is 0. The highest BCUT2D eigenvalue weighted by molar-refractivity contribution is 5.09. The van der Waals surface area contributed by atoms with Crippen molar-refractivity contribution in [1.82, 2.24) is 5.32 Å². The maximum absolute atomic E-state index is 5.64. The molecule has 0 radical (unpaired) electrons. The van der Waals surface area contributed by atoms with Gasteiger partial charge in [-0.05, 0) is 32.5 Å². The molecule has 0 aromatic carbocycles. The van der Waals surface area contributed by atoms with E-state index in [1.165, 1.54) is 0 Å². The van der Waals surface area contributed by atoms with E-state index in [-0.39, 0.29) is 6.10 Å². The molecule has 82 valence electrons. The number of likely N-dealkylation sites (N-methyl/N-ethyl adjacent to an activating group) is 1. The lowest BCUT2D eigenvalue weighted by molar-refractivity contribution is 0.111. The summed E-state index contributed by atoms with van der Waals surface area (Å²) in [6.07, 6.45) is 4.43. The predicted octanol–water partition coefficient (Wildman–Crippen LogP) is 0.664. The van der Waals surface area contributed by atoms with Gasteiger partial charge in [0.05, 0.1) is 0 Å². The van der Waals surface area contributed by atoms with Gasteiger partial charge in [-0.1, -0.05) is 6.92 Å². The molecule has 0 aromatic rings. The minimum absolute atomic E-state index is 0.114. The van der Waals surface area contributed by atoms with Crippen LogP contribution in [0.15, 0.2) is 23.7 Å². The molecule has 1 unspecified atom stereocenters. The number of ether oxygens (including phenoxy) is 1. The molecular weight excluding hydrogens is 178 g/mol. The van der Waals surface area contributed by atoms with Crippen LogP contribution < -0.4 is 16.8 Å². The van der Waals surface area contributed by atoms with Crippen LogP contribution >= 0.6 is 0 Å². The van der Waals surface area contributed by atoms with Crippen molar-refractivity contribution in [2.75, 3.05) is 13.6 Å². The summed E-state index contributed by atoms with van der Waals surface area (Å²) in [5.74, 6) is 0.400. The van der Waals surface area contributed by atoms with Gasteiger partial charge in [0.25, 0.3) is 0 Å². The van der Waals surface area contributed by atoms with Crippen molar-refractivity contribution >= 4 is 0 Å². The van der Waals surface area contributed by atoms with Crippen molar-refractivity contribution < 1.29 is 4.74 Å². The van der Waals surface area contributed by atoms with Crippen molar-refractivity contribution in [2.45, 2.75) is 26.4 Å². The van der Waals surface area contributed by atoms with E-state index in [0.717, 1.165) is 13.0 Å². The molecule has 0 saturated heterocycles. The van der Waals surface area contributed by atoms with E-state index in [0.29, 0.717) is 11.6 Å². The molecule has 1 atom stereocenters. The number of hydrogen-bond acceptors (Lipinski definition) is 4. The fraction of sp³-hybridized carbons (Fsp3) is 0.600. The zero-order valence-electron chi connectivity index (χ0n) is 9.21. The molecule has 0 spiro atoms. The quantitative estimate of drug-likeness (QED) is 0.434. The molecule has 0 fully saturated rings. The molecule has 0 aliphatic rings. The minimum Gasteiger partial charge on any atom is -0.475 e. The van der Waals surface area contributed by atoms with Crippen LogP contribution in [0.2, 0.25) is 0 Å². The monoisotopic (exact) mass is 199 g/mol. The standard InChI is InChI=1S/C10H21N3O/c1-4-9(7-13-3)14-10(12)6-5-8(2)11/h5-6,9,13H,4,7,11-12H2,1-3H3/b8-5-,10-6+. The number of nitrogens with one attached hydrogen (secondary N) is 1. The van der Waals surface area contributed by atoms with Gasteiger partial charge >= 0.3 is 0 Å². The summed E-state index contributed by atoms with van der Waals surface area (Å²) in [7, 11) is 1.88. The zero-order chi connectivity index (χ0) is 11.0. The predicted molar refractivity (Wildman–Crippen MR) is 59.3 cm³/mol. The van der Waals surface area contributed by atoms with Gasteiger partial charge in [0.15, 0.2) is 5.88 Å². The fourth-order valence-corrected chi connectivity index (χ4v) is 0.942. The highest BCUT2D eigenvalue weighted by Crippen LogP contribution is 2.01. The molecular formula is C10H21N3O. The van der Waals surface area contributed by atoms with Gasteiger partial charge in [-0.2, -0.15) is 0 Å². The topological polar surface area (TPSA) is 73.3 Å². The van der Waals surface area contributed by atoms with Crippen LogP contribution in [0.1, 0.15) is 20.3 Å². The second kappa shape index (κ2) is 7.26. The Morgan fingerprint density at radius 2 is 2.07 bits per heavy atom. The molecule has 14 heavy (non-hydrogen) atoms. The van der Waals surface area contributed by atoms with Gasteiger partial charge < -0.3 is 21.5 Å². The second-order valence-corrected chi connectivity index (χ2v) is 3.19. The molecule has 0 aliphatic heterocycles. The van der Waals surface area contributed by atoms with Crippen LogP contribution in [0.3, 0.4) is 0 Å². The minimum atomic E-state index is 0.114. The highest BCUT2D eigenvalue weighted by atomic mass is 16.5. The largest absolute Gasteiger partial charge is 0.475 e. The summed E-state index contributed by atoms with van der Waals surface area (Å²) >= 11 is 0. The number of allylic oxidation sites excluding steroid dienone is 3. The number of nitrogens with two attached hydrogens (primary N) is 2. The van der Waals surface area contributed by atoms with Gasteiger partial charge in [0.1, 0.15) is 6.10 Å². The molecule has 5 N–H and O–H groups in total. The first-order chi connectivity index (χ1) is 6.60. The van der Waals surface area contributed by atoms with E-state index in [9.17, 15) is 0 Å². The van der Waals surface area contributed by atoms with E-state index in [1.54, 1.807) is 19.1 Å². The SMILES string of the molecule is CCC(CNC)O/C(N)=C/C=C(/C)N. The molecule has 0 aliphatic carbocycles. The van der Waals surface area contributed by atoms with Crippen LogP contribution in [0.5, 0.6) is 0 Å². The summed E-state index contributed by atoms with van der Waals surface area (Å²) in [5, 5.41) is 3.04. The molecule has 0 aromatic heterocycles. The van der Waals surface area contributed by atoms with E-state index in [4.69, 9.17) is 16.2 Å². The van der Waals surface area contributed by atoms with Crippen LogP contribution in [0.4, 0.5) is 0 Å². The van der Waals surface area contributed by atoms with E-state index in [1.807, 2.05) is 7.05 Å². The molecule has 0 amide bonds. The Morgan fingerprint density at radius 1 is 1.43 bits per heavy atom. The Bertz CT molecular complexity index is 207. The molecule has 4 heteroatoms. The summed E-state index contributed by atoms with van der Waals surface area (Å²) in [6.45, 7) is 4.64. The molecule has 0 rings (SSSR count). The maximum Gasteiger partial charge on any atom is 0.184 e. The average Bonchev–Trinajstić information content (AvgIpc) is 2.14. The Kier molecular flexibility index (Phi) is 6.66. The third kappa shape index (κ3) is 6.37. The van der Waals surface area contributed by atoms with Crippen LogP contribution in [0.25, 0.3) is 0 Å². The molecule has 0 saturated carbocycles. The molecule has 4 nitrogen and oxygen atoms in total. The first-order valence-corrected chi connectivity index (χ1v) is 4.81. The van der Waals surface area contributed by atoms with Crippen LogP contribution in [-0.2, 0) is 4.74 Å². The van der Waals surface area contributed by atoms with Gasteiger partial charge in [-0.3, -0.25) is 0 Å². The van der Waals surface area contributed by atoms with Crippen molar-refractivity contribution in [3.05, 3.63) is 23.7 Å². The third-order valence-corrected chi connectivity index (χ3v) is 1.70. The van der Waals surface area contributed by atoms with E-state index < -0.39 is 0 Å². The normalized spacial score (nSPS) is 15.4. The third-order valence-electron chi connectivity index (χ3n) is 1.70. The molecule has 0 bridgehead atoms. The smallest absolute Gasteiger partial charge is 0.184 e. The first-order valence-electron chi connectivity index (χ1n) is 4.81. The zero-order valence-corrected chi connectivity index (χ0v) is 9.21. The van der Waals surface area contributed by atoms with Crippen LogP contribution in [-0.4, -0.2) is 19.7 Å². The van der Waals surface area contributed by atoms with Crippen molar-refractivity contribution in [1.29, 1.82) is 0 Å². The summed E-state index contributed by atoms with van der Waals surface area (Å²) in [5.41, 5.74) is 11.8. The van der Waals surface area contributed by atoms with Crippen molar-refractivity contribution in [3.63, 3.8) is 0 Å². The van der Waals surface area contributed by atoms with Gasteiger partial charge in [-0.25, -0.2) is 0 Å². The number of rotatable bonds is 6. The lowest BCUT2D eigenvalue weighted by atomic mass is 10.3. The van der Waals surface area contributed by atoms with Gasteiger partial charge in [0, 0.05) is 12.2 Å². The van der Waals surface area contributed by atoms with Gasteiger partial charge in [0.2, 0.25) is 0 Å². The van der Waals surface area contributed by atoms with E-state index in [2.05, 4.69) is 12.2 Å². The lowest BCUT2D eigenvalue weighted by Gasteiger charge is -2.16. The summed E-state index contributed by atoms with van der Waals surface area (Å²) in [4.78, 5) is 0. The Labute approximate surface area is 86.0 Å². The van der Waals surface area contributed by atoms with Crippen molar-refractivity contribution in [3.8, 4) is 0 Å². The molecule has 0 heterocycles. The first kappa shape index (κ1) is 12.8. The summed E-state index contributed by atoms with van der Waals surface area (Å²) < 4.78 is 5.47.